The molecule has 6 heterocycles. The van der Waals surface area contributed by atoms with Gasteiger partial charge in [-0.25, -0.2) is 0 Å². The van der Waals surface area contributed by atoms with E-state index < -0.39 is 0 Å². The second kappa shape index (κ2) is 25.9. The Bertz CT molecular complexity index is 8270. The third-order valence-electron chi connectivity index (χ3n) is 24.8. The molecule has 0 radical (unpaired) electrons. The molecule has 1 atom stereocenters. The summed E-state index contributed by atoms with van der Waals surface area (Å²) in [6, 6.07) is 128. The van der Waals surface area contributed by atoms with Crippen LogP contribution in [0, 0.1) is 0 Å². The number of benzene rings is 17. The molecule has 8 nitrogen and oxygen atoms in total. The first-order valence-corrected chi connectivity index (χ1v) is 40.3. The monoisotopic (exact) mass is 1510 g/mol. The number of fused-ring (bicyclic) bond motifs is 12. The smallest absolute Gasteiger partial charge is 0.160 e. The summed E-state index contributed by atoms with van der Waals surface area (Å²) in [5.74, 6) is 0. The summed E-state index contributed by atoms with van der Waals surface area (Å²) >= 11 is 0. The molecule has 0 fully saturated rings. The van der Waals surface area contributed by atoms with E-state index in [0.29, 0.717) is 0 Å². The highest BCUT2D eigenvalue weighted by molar-refractivity contribution is 6.39. The molecule has 1 aliphatic heterocycles. The van der Waals surface area contributed by atoms with Crippen LogP contribution >= 0.6 is 0 Å². The molecule has 18 aromatic carbocycles. The first-order chi connectivity index (χ1) is 58.5. The molecular weight excluding hydrogens is 1440 g/mol. The first-order valence-electron chi connectivity index (χ1n) is 40.3. The van der Waals surface area contributed by atoms with E-state index in [1.54, 1.807) is 0 Å². The van der Waals surface area contributed by atoms with Crippen molar-refractivity contribution in [2.24, 2.45) is 0 Å². The molecule has 0 saturated heterocycles. The normalized spacial score (nSPS) is 13.7. The predicted molar refractivity (Wildman–Crippen MR) is 492 cm³/mol. The molecule has 0 amide bonds. The lowest BCUT2D eigenvalue weighted by molar-refractivity contribution is 0.668. The average Bonchev–Trinajstić information content (AvgIpc) is 1.52. The fourth-order valence-corrected chi connectivity index (χ4v) is 19.5. The van der Waals surface area contributed by atoms with Crippen LogP contribution in [0.5, 0.6) is 0 Å². The van der Waals surface area contributed by atoms with Crippen LogP contribution in [-0.4, -0.2) is 15.6 Å². The molecule has 118 heavy (non-hydrogen) atoms. The highest BCUT2D eigenvalue weighted by Crippen LogP contribution is 2.56. The van der Waals surface area contributed by atoms with Gasteiger partial charge in [0.05, 0.1) is 39.8 Å². The van der Waals surface area contributed by atoms with Gasteiger partial charge in [0, 0.05) is 101 Å². The summed E-state index contributed by atoms with van der Waals surface area (Å²) in [6.45, 7) is 0. The number of aromatic nitrogens is 2. The highest BCUT2D eigenvalue weighted by atomic mass is 16.3. The molecular formula is C110H67N5O3. The quantitative estimate of drug-likeness (QED) is 0.113. The number of furan rings is 3. The maximum Gasteiger partial charge on any atom is 0.160 e. The summed E-state index contributed by atoms with van der Waals surface area (Å²) in [4.78, 5) is 11.9. The van der Waals surface area contributed by atoms with Gasteiger partial charge in [-0.2, -0.15) is 0 Å². The van der Waals surface area contributed by atoms with Crippen LogP contribution in [0.15, 0.2) is 420 Å². The minimum atomic E-state index is -0.131. The fourth-order valence-electron chi connectivity index (χ4n) is 19.5. The average molecular weight is 1510 g/mol. The minimum absolute atomic E-state index is 0.131. The van der Waals surface area contributed by atoms with Crippen molar-refractivity contribution >= 4 is 187 Å². The van der Waals surface area contributed by atoms with E-state index in [4.69, 9.17) is 13.3 Å². The van der Waals surface area contributed by atoms with Crippen molar-refractivity contribution in [2.45, 2.75) is 6.04 Å². The van der Waals surface area contributed by atoms with E-state index in [1.165, 1.54) is 22.1 Å². The van der Waals surface area contributed by atoms with Gasteiger partial charge in [0.2, 0.25) is 0 Å². The number of nitrogens with zero attached hydrogens (tertiary/aromatic N) is 5. The zero-order chi connectivity index (χ0) is 77.2. The number of pyridine rings is 1. The Balaban J connectivity index is 0.808. The summed E-state index contributed by atoms with van der Waals surface area (Å²) in [6.07, 6.45) is 17.4. The van der Waals surface area contributed by atoms with Gasteiger partial charge in [0.25, 0.3) is 0 Å². The van der Waals surface area contributed by atoms with E-state index in [0.717, 1.165) is 215 Å². The zero-order valence-corrected chi connectivity index (χ0v) is 63.6. The highest BCUT2D eigenvalue weighted by Gasteiger charge is 2.33. The molecule has 25 rings (SSSR count). The Labute approximate surface area is 677 Å². The molecule has 23 aromatic rings. The van der Waals surface area contributed by atoms with Crippen molar-refractivity contribution in [3.8, 4) is 39.1 Å². The van der Waals surface area contributed by atoms with Crippen LogP contribution in [-0.2, 0) is 0 Å². The SMILES string of the molecule is C1=CN(c2cc3oc4c(N(c5ccc6ccccc6c5)c5cccc6c5c5ccccc5n6-c5ccccc5)ccc5c6ccc(-c7ccc(-c8ccc9c(c8)oc8ccccc89)c(-c8ccncc8)c7)c7oc8c(N(c9ccccc9)c9cccc%10cc%11ccccc%11cc9%10)ccc(c(c2)c3c45)c8c76)C2C=CC(c3ccccc3)=CC2=C1. The topological polar surface area (TPSA) is 67.0 Å². The first kappa shape index (κ1) is 65.7. The standard InChI is InChI=1S/C110H67N5O3/c1-4-21-67(22-5-1)73-43-51-93-77(60-73)28-20-58-112(93)81-65-92-88-50-53-99(114(79-31-8-3-9-32-79)95-36-18-27-74-59-70-24-12-13-26-72(70)62-91(74)95)110-107(88)106-86(48-47-83(108(106)118-110)75-41-45-82(90(63-75)69-54-56-111-57-55-69)76-42-46-85-84-33-15-17-39-100(84)116-101(85)64-76)87-49-52-98(109-105(87)104(92)102(66-81)117-109)115(80-44-40-68-23-10-11-25-71(68)61-80)97-38-19-37-96-103(97)89-34-14-16-35-94(89)113(96)78-29-6-2-7-30-78/h1-66,93H. The van der Waals surface area contributed by atoms with Crippen LogP contribution in [0.4, 0.5) is 39.8 Å². The molecule has 8 heteroatoms. The molecule has 2 aliphatic rings. The Kier molecular flexibility index (Phi) is 14.4. The van der Waals surface area contributed by atoms with Crippen LogP contribution in [0.25, 0.3) is 186 Å². The molecule has 0 saturated carbocycles. The minimum Gasteiger partial charge on any atom is -0.456 e. The van der Waals surface area contributed by atoms with E-state index >= 15 is 0 Å². The van der Waals surface area contributed by atoms with Gasteiger partial charge in [0.1, 0.15) is 22.3 Å². The number of hydrogen-bond acceptors (Lipinski definition) is 7. The predicted octanol–water partition coefficient (Wildman–Crippen LogP) is 30.3. The number of rotatable bonds is 12. The Hall–Kier alpha value is -15.8. The third-order valence-corrected chi connectivity index (χ3v) is 24.8. The largest absolute Gasteiger partial charge is 0.456 e. The number of anilines is 7. The van der Waals surface area contributed by atoms with Gasteiger partial charge < -0.3 is 32.5 Å². The van der Waals surface area contributed by atoms with Crippen molar-refractivity contribution in [3.63, 3.8) is 0 Å². The van der Waals surface area contributed by atoms with Crippen molar-refractivity contribution in [1.82, 2.24) is 9.55 Å². The molecule has 550 valence electrons. The van der Waals surface area contributed by atoms with Crippen molar-refractivity contribution < 1.29 is 13.3 Å². The van der Waals surface area contributed by atoms with Gasteiger partial charge in [0.15, 0.2) is 11.2 Å². The maximum atomic E-state index is 8.24. The van der Waals surface area contributed by atoms with E-state index in [2.05, 4.69) is 401 Å². The van der Waals surface area contributed by atoms with Gasteiger partial charge in [-0.3, -0.25) is 4.98 Å². The Morgan fingerprint density at radius 1 is 0.305 bits per heavy atom. The van der Waals surface area contributed by atoms with Crippen LogP contribution in [0.3, 0.4) is 0 Å². The van der Waals surface area contributed by atoms with Gasteiger partial charge in [-0.15, -0.1) is 0 Å². The molecule has 0 bridgehead atoms. The molecule has 1 aliphatic carbocycles. The van der Waals surface area contributed by atoms with Crippen LogP contribution in [0.1, 0.15) is 5.56 Å². The molecule has 5 aromatic heterocycles. The van der Waals surface area contributed by atoms with Crippen molar-refractivity contribution in [3.05, 3.63) is 412 Å². The van der Waals surface area contributed by atoms with E-state index in [9.17, 15) is 0 Å². The van der Waals surface area contributed by atoms with Gasteiger partial charge in [-0.1, -0.05) is 231 Å². The number of para-hydroxylation sites is 4. The van der Waals surface area contributed by atoms with E-state index in [-0.39, 0.29) is 6.04 Å². The Morgan fingerprint density at radius 2 is 0.924 bits per heavy atom. The molecule has 1 unspecified atom stereocenters. The summed E-state index contributed by atoms with van der Waals surface area (Å²) < 4.78 is 25.3. The van der Waals surface area contributed by atoms with E-state index in [1.807, 2.05) is 24.5 Å². The third kappa shape index (κ3) is 10.1. The number of allylic oxidation sites excluding steroid dienone is 4. The fraction of sp³-hybridized carbons (Fsp3) is 0.00909. The maximum absolute atomic E-state index is 8.24. The molecule has 0 N–H and O–H groups in total. The lowest BCUT2D eigenvalue weighted by atomic mass is 9.88. The van der Waals surface area contributed by atoms with Crippen LogP contribution in [0.2, 0.25) is 0 Å². The summed E-state index contributed by atoms with van der Waals surface area (Å²) in [7, 11) is 0. The lowest BCUT2D eigenvalue weighted by Gasteiger charge is -2.34. The summed E-state index contributed by atoms with van der Waals surface area (Å²) in [5.41, 5.74) is 24.4. The lowest BCUT2D eigenvalue weighted by Crippen LogP contribution is -2.33. The Morgan fingerprint density at radius 3 is 1.75 bits per heavy atom. The van der Waals surface area contributed by atoms with Crippen LogP contribution < -0.4 is 14.7 Å². The van der Waals surface area contributed by atoms with Crippen molar-refractivity contribution in [1.29, 1.82) is 0 Å². The van der Waals surface area contributed by atoms with Gasteiger partial charge in [-0.05, 0) is 239 Å². The second-order valence-corrected chi connectivity index (χ2v) is 31.2. The molecule has 0 spiro atoms. The number of hydrogen-bond donors (Lipinski definition) is 0. The zero-order valence-electron chi connectivity index (χ0n) is 63.6. The van der Waals surface area contributed by atoms with Crippen molar-refractivity contribution in [2.75, 3.05) is 14.7 Å². The van der Waals surface area contributed by atoms with Gasteiger partial charge >= 0.3 is 0 Å². The summed E-state index contributed by atoms with van der Waals surface area (Å²) in [5, 5.41) is 19.4. The second-order valence-electron chi connectivity index (χ2n) is 31.2.